The second-order valence-corrected chi connectivity index (χ2v) is 5.23. The minimum absolute atomic E-state index is 0.0754. The average molecular weight is 266 g/mol. The van der Waals surface area contributed by atoms with Crippen LogP contribution in [-0.4, -0.2) is 35.3 Å². The summed E-state index contributed by atoms with van der Waals surface area (Å²) in [5, 5.41) is 19.2. The van der Waals surface area contributed by atoms with E-state index in [-0.39, 0.29) is 30.7 Å². The number of benzene rings is 1. The fourth-order valence-corrected chi connectivity index (χ4v) is 2.49. The molecule has 106 valence electrons. The number of hydrogen-bond donors (Lipinski definition) is 2. The molecule has 1 heterocycles. The predicted molar refractivity (Wildman–Crippen MR) is 71.3 cm³/mol. The predicted octanol–water partition coefficient (Wildman–Crippen LogP) is 1.55. The molecule has 3 unspecified atom stereocenters. The quantitative estimate of drug-likeness (QED) is 0.868. The summed E-state index contributed by atoms with van der Waals surface area (Å²) in [6.45, 7) is 4.41. The molecule has 4 heteroatoms. The SMILES string of the molecule is C[C@@H]1C(OCc2ccccc2)C(O)OC(CO)[C@@H]1C. The summed E-state index contributed by atoms with van der Waals surface area (Å²) in [6, 6.07) is 9.85. The number of aliphatic hydroxyl groups is 2. The van der Waals surface area contributed by atoms with Gasteiger partial charge in [-0.25, -0.2) is 0 Å². The molecule has 0 saturated carbocycles. The molecule has 2 N–H and O–H groups in total. The topological polar surface area (TPSA) is 58.9 Å². The second-order valence-electron chi connectivity index (χ2n) is 5.23. The lowest BCUT2D eigenvalue weighted by Crippen LogP contribution is -2.51. The van der Waals surface area contributed by atoms with Crippen LogP contribution in [0.1, 0.15) is 19.4 Å². The number of aliphatic hydroxyl groups excluding tert-OH is 2. The lowest BCUT2D eigenvalue weighted by molar-refractivity contribution is -0.269. The fraction of sp³-hybridized carbons (Fsp3) is 0.600. The Morgan fingerprint density at radius 2 is 1.84 bits per heavy atom. The molecule has 0 bridgehead atoms. The average Bonchev–Trinajstić information content (AvgIpc) is 2.44. The van der Waals surface area contributed by atoms with Crippen LogP contribution in [0, 0.1) is 11.8 Å². The lowest BCUT2D eigenvalue weighted by atomic mass is 9.83. The molecule has 0 spiro atoms. The van der Waals surface area contributed by atoms with Crippen molar-refractivity contribution in [2.75, 3.05) is 6.61 Å². The summed E-state index contributed by atoms with van der Waals surface area (Å²) in [5.74, 6) is 0.277. The van der Waals surface area contributed by atoms with E-state index in [0.29, 0.717) is 6.61 Å². The maximum absolute atomic E-state index is 9.98. The third kappa shape index (κ3) is 3.34. The van der Waals surface area contributed by atoms with E-state index >= 15 is 0 Å². The summed E-state index contributed by atoms with van der Waals surface area (Å²) >= 11 is 0. The van der Waals surface area contributed by atoms with Gasteiger partial charge in [-0.2, -0.15) is 0 Å². The van der Waals surface area contributed by atoms with Crippen LogP contribution in [0.25, 0.3) is 0 Å². The molecule has 4 nitrogen and oxygen atoms in total. The first kappa shape index (κ1) is 14.5. The van der Waals surface area contributed by atoms with E-state index < -0.39 is 6.29 Å². The van der Waals surface area contributed by atoms with Gasteiger partial charge in [0, 0.05) is 0 Å². The molecule has 19 heavy (non-hydrogen) atoms. The van der Waals surface area contributed by atoms with Crippen LogP contribution < -0.4 is 0 Å². The molecule has 1 saturated heterocycles. The molecule has 1 aromatic rings. The Morgan fingerprint density at radius 3 is 2.47 bits per heavy atom. The van der Waals surface area contributed by atoms with Gasteiger partial charge in [0.15, 0.2) is 6.29 Å². The van der Waals surface area contributed by atoms with Crippen molar-refractivity contribution in [1.82, 2.24) is 0 Å². The van der Waals surface area contributed by atoms with Gasteiger partial charge in [-0.1, -0.05) is 44.2 Å². The normalized spacial score (nSPS) is 35.3. The van der Waals surface area contributed by atoms with E-state index in [0.717, 1.165) is 5.56 Å². The summed E-state index contributed by atoms with van der Waals surface area (Å²) < 4.78 is 11.2. The Bertz CT molecular complexity index is 381. The molecule has 1 aromatic carbocycles. The largest absolute Gasteiger partial charge is 0.394 e. The van der Waals surface area contributed by atoms with E-state index in [9.17, 15) is 10.2 Å². The first-order valence-corrected chi connectivity index (χ1v) is 6.73. The summed E-state index contributed by atoms with van der Waals surface area (Å²) in [7, 11) is 0. The van der Waals surface area contributed by atoms with E-state index in [1.165, 1.54) is 0 Å². The first-order valence-electron chi connectivity index (χ1n) is 6.73. The number of hydrogen-bond acceptors (Lipinski definition) is 4. The van der Waals surface area contributed by atoms with Crippen LogP contribution in [0.4, 0.5) is 0 Å². The lowest BCUT2D eigenvalue weighted by Gasteiger charge is -2.41. The van der Waals surface area contributed by atoms with Gasteiger partial charge in [-0.05, 0) is 17.4 Å². The monoisotopic (exact) mass is 266 g/mol. The summed E-state index contributed by atoms with van der Waals surface area (Å²) in [5.41, 5.74) is 1.07. The molecular formula is C15H22O4. The van der Waals surface area contributed by atoms with E-state index in [1.807, 2.05) is 44.2 Å². The first-order chi connectivity index (χ1) is 9.13. The van der Waals surface area contributed by atoms with Crippen molar-refractivity contribution in [1.29, 1.82) is 0 Å². The zero-order valence-electron chi connectivity index (χ0n) is 11.4. The van der Waals surface area contributed by atoms with Crippen LogP contribution in [-0.2, 0) is 16.1 Å². The Kier molecular flexibility index (Phi) is 4.93. The molecular weight excluding hydrogens is 244 g/mol. The third-order valence-corrected chi connectivity index (χ3v) is 3.99. The molecule has 1 fully saturated rings. The molecule has 2 rings (SSSR count). The van der Waals surface area contributed by atoms with Gasteiger partial charge < -0.3 is 19.7 Å². The van der Waals surface area contributed by atoms with Gasteiger partial charge in [0.05, 0.1) is 19.3 Å². The van der Waals surface area contributed by atoms with Crippen molar-refractivity contribution in [3.63, 3.8) is 0 Å². The minimum Gasteiger partial charge on any atom is -0.394 e. The maximum Gasteiger partial charge on any atom is 0.181 e. The standard InChI is InChI=1S/C15H22O4/c1-10-11(2)14(15(17)19-13(10)8-16)18-9-12-6-4-3-5-7-12/h3-7,10-11,13-17H,8-9H2,1-2H3/t10-,11+,13?,14?,15?/m1/s1. The Labute approximate surface area is 114 Å². The van der Waals surface area contributed by atoms with Crippen molar-refractivity contribution in [3.05, 3.63) is 35.9 Å². The van der Waals surface area contributed by atoms with Gasteiger partial charge in [-0.15, -0.1) is 0 Å². The van der Waals surface area contributed by atoms with E-state index in [2.05, 4.69) is 0 Å². The molecule has 1 aliphatic heterocycles. The van der Waals surface area contributed by atoms with Crippen molar-refractivity contribution in [2.24, 2.45) is 11.8 Å². The van der Waals surface area contributed by atoms with Gasteiger partial charge in [0.25, 0.3) is 0 Å². The van der Waals surface area contributed by atoms with E-state index in [4.69, 9.17) is 9.47 Å². The molecule has 0 amide bonds. The summed E-state index contributed by atoms with van der Waals surface area (Å²) in [6.07, 6.45) is -1.66. The molecule has 1 aliphatic rings. The highest BCUT2D eigenvalue weighted by atomic mass is 16.6. The summed E-state index contributed by atoms with van der Waals surface area (Å²) in [4.78, 5) is 0. The highest BCUT2D eigenvalue weighted by Crippen LogP contribution is 2.32. The van der Waals surface area contributed by atoms with E-state index in [1.54, 1.807) is 0 Å². The van der Waals surface area contributed by atoms with Gasteiger partial charge in [0.2, 0.25) is 0 Å². The molecule has 5 atom stereocenters. The Hall–Kier alpha value is -0.940. The maximum atomic E-state index is 9.98. The fourth-order valence-electron chi connectivity index (χ4n) is 2.49. The van der Waals surface area contributed by atoms with Crippen LogP contribution in [0.3, 0.4) is 0 Å². The van der Waals surface area contributed by atoms with Gasteiger partial charge in [-0.3, -0.25) is 0 Å². The van der Waals surface area contributed by atoms with Crippen molar-refractivity contribution in [2.45, 2.75) is 39.0 Å². The zero-order valence-corrected chi connectivity index (χ0v) is 11.4. The zero-order chi connectivity index (χ0) is 13.8. The van der Waals surface area contributed by atoms with Crippen molar-refractivity contribution >= 4 is 0 Å². The van der Waals surface area contributed by atoms with Crippen molar-refractivity contribution < 1.29 is 19.7 Å². The highest BCUT2D eigenvalue weighted by Gasteiger charge is 2.41. The van der Waals surface area contributed by atoms with Crippen molar-refractivity contribution in [3.8, 4) is 0 Å². The molecule has 0 aromatic heterocycles. The number of ether oxygens (including phenoxy) is 2. The Balaban J connectivity index is 1.96. The van der Waals surface area contributed by atoms with Crippen LogP contribution >= 0.6 is 0 Å². The number of rotatable bonds is 4. The van der Waals surface area contributed by atoms with Crippen LogP contribution in [0.2, 0.25) is 0 Å². The minimum atomic E-state index is -0.980. The van der Waals surface area contributed by atoms with Crippen LogP contribution in [0.15, 0.2) is 30.3 Å². The molecule has 0 aliphatic carbocycles. The van der Waals surface area contributed by atoms with Crippen LogP contribution in [0.5, 0.6) is 0 Å². The smallest absolute Gasteiger partial charge is 0.181 e. The van der Waals surface area contributed by atoms with Gasteiger partial charge >= 0.3 is 0 Å². The third-order valence-electron chi connectivity index (χ3n) is 3.99. The highest BCUT2D eigenvalue weighted by molar-refractivity contribution is 5.13. The Morgan fingerprint density at radius 1 is 1.16 bits per heavy atom. The molecule has 0 radical (unpaired) electrons. The van der Waals surface area contributed by atoms with Gasteiger partial charge in [0.1, 0.15) is 6.10 Å². The second kappa shape index (κ2) is 6.48.